The van der Waals surface area contributed by atoms with Gasteiger partial charge in [0.2, 0.25) is 23.5 Å². The minimum Gasteiger partial charge on any atom is -0.444 e. The summed E-state index contributed by atoms with van der Waals surface area (Å²) in [7, 11) is 0. The van der Waals surface area contributed by atoms with Crippen LogP contribution in [-0.2, 0) is 41.7 Å². The number of rotatable bonds is 15. The first-order chi connectivity index (χ1) is 26.1. The van der Waals surface area contributed by atoms with Gasteiger partial charge in [0.1, 0.15) is 29.9 Å². The Kier molecular flexibility index (Phi) is 14.8. The summed E-state index contributed by atoms with van der Waals surface area (Å²) < 4.78 is 5.92. The fourth-order valence-corrected chi connectivity index (χ4v) is 6.66. The summed E-state index contributed by atoms with van der Waals surface area (Å²) in [5.74, 6) is -5.09. The highest BCUT2D eigenvalue weighted by Crippen LogP contribution is 2.26. The molecular weight excluding hydrogens is 708 g/mol. The number of ether oxygens (including phenoxy) is 1. The van der Waals surface area contributed by atoms with Crippen molar-refractivity contribution in [2.75, 3.05) is 13.1 Å². The van der Waals surface area contributed by atoms with Gasteiger partial charge in [-0.2, -0.15) is 0 Å². The Labute approximate surface area is 321 Å². The molecule has 3 heterocycles. The van der Waals surface area contributed by atoms with Crippen molar-refractivity contribution in [1.82, 2.24) is 41.0 Å². The van der Waals surface area contributed by atoms with Crippen molar-refractivity contribution in [3.8, 4) is 0 Å². The predicted octanol–water partition coefficient (Wildman–Crippen LogP) is 1.91. The maximum absolute atomic E-state index is 14.5. The number of hydrogen-bond donors (Lipinski definition) is 4. The lowest BCUT2D eigenvalue weighted by Gasteiger charge is -2.32. The third-order valence-corrected chi connectivity index (χ3v) is 9.62. The summed E-state index contributed by atoms with van der Waals surface area (Å²) in [5, 5.41) is 10.7. The Morgan fingerprint density at radius 2 is 1.56 bits per heavy atom. The van der Waals surface area contributed by atoms with Crippen molar-refractivity contribution in [1.29, 1.82) is 0 Å². The largest absolute Gasteiger partial charge is 0.444 e. The molecule has 0 radical (unpaired) electrons. The first kappa shape index (κ1) is 42.3. The van der Waals surface area contributed by atoms with Crippen LogP contribution in [0.15, 0.2) is 42.9 Å². The predicted molar refractivity (Wildman–Crippen MR) is 201 cm³/mol. The average molecular weight is 763 g/mol. The second kappa shape index (κ2) is 19.3. The number of carbonyl (C=O) groups excluding carboxylic acids is 7. The van der Waals surface area contributed by atoms with Crippen LogP contribution in [0, 0.1) is 11.8 Å². The van der Waals surface area contributed by atoms with Gasteiger partial charge in [-0.3, -0.25) is 33.8 Å². The maximum atomic E-state index is 14.5. The zero-order chi connectivity index (χ0) is 40.4. The normalized spacial score (nSPS) is 18.2. The van der Waals surface area contributed by atoms with Gasteiger partial charge in [0.15, 0.2) is 0 Å². The van der Waals surface area contributed by atoms with Gasteiger partial charge < -0.3 is 35.8 Å². The minimum atomic E-state index is -1.21. The molecule has 55 heavy (non-hydrogen) atoms. The van der Waals surface area contributed by atoms with Gasteiger partial charge in [-0.05, 0) is 49.7 Å². The number of hydrogen-bond acceptors (Lipinski definition) is 10. The first-order valence-corrected chi connectivity index (χ1v) is 19.0. The van der Waals surface area contributed by atoms with Crippen LogP contribution < -0.4 is 21.3 Å². The number of nitrogens with one attached hydrogen (secondary N) is 4. The minimum absolute atomic E-state index is 0.0132. The molecule has 1 aromatic heterocycles. The summed E-state index contributed by atoms with van der Waals surface area (Å²) >= 11 is 0. The van der Waals surface area contributed by atoms with Crippen LogP contribution in [0.4, 0.5) is 4.79 Å². The highest BCUT2D eigenvalue weighted by Gasteiger charge is 2.46. The molecule has 6 amide bonds. The molecule has 2 aliphatic heterocycles. The molecule has 5 atom stereocenters. The zero-order valence-corrected chi connectivity index (χ0v) is 32.7. The van der Waals surface area contributed by atoms with E-state index < -0.39 is 77.6 Å². The molecule has 4 N–H and O–H groups in total. The molecule has 0 spiro atoms. The number of Topliss-reactive ketones (excluding diaryl/α,β-unsaturated/α-hetero) is 1. The van der Waals surface area contributed by atoms with E-state index in [4.69, 9.17) is 4.74 Å². The highest BCUT2D eigenvalue weighted by molar-refractivity contribution is 6.38. The molecule has 16 nitrogen and oxygen atoms in total. The summed E-state index contributed by atoms with van der Waals surface area (Å²) in [5.41, 5.74) is 2.16. The second-order valence-electron chi connectivity index (χ2n) is 15.0. The van der Waals surface area contributed by atoms with E-state index in [-0.39, 0.29) is 37.0 Å². The van der Waals surface area contributed by atoms with E-state index in [0.29, 0.717) is 25.9 Å². The SMILES string of the molecule is CCCC(NC(=O)[C@@H]1C[C@@H](OC(=O)N2CCc3ccccc3C2)CN1C(=O)[C@H](NC(=O)[C@H](NC(=O)c1cnccn1)C(C)C)C(C)C)C(=O)C(=O)NC(C)C. The monoisotopic (exact) mass is 762 g/mol. The third kappa shape index (κ3) is 11.1. The standard InChI is InChI=1S/C39H54N8O8/c1-8-11-28(33(48)37(52)42-24(6)7)43-35(50)30-18-27(55-39(54)46-17-14-25-12-9-10-13-26(25)20-46)21-47(30)38(53)32(23(4)5)45-36(51)31(22(2)3)44-34(49)29-19-40-15-16-41-29/h9-10,12-13,15-16,19,22-24,27-28,30-32H,8,11,14,17-18,20-21H2,1-7H3,(H,42,52)(H,43,50)(H,44,49)(H,45,51)/t27-,28?,30+,31-,32-/m1/s1. The third-order valence-electron chi connectivity index (χ3n) is 9.62. The van der Waals surface area contributed by atoms with Crippen molar-refractivity contribution in [3.63, 3.8) is 0 Å². The molecule has 4 rings (SSSR count). The molecular formula is C39H54N8O8. The second-order valence-corrected chi connectivity index (χ2v) is 15.0. The first-order valence-electron chi connectivity index (χ1n) is 19.0. The van der Waals surface area contributed by atoms with Crippen molar-refractivity contribution < 1.29 is 38.3 Å². The Morgan fingerprint density at radius 3 is 2.18 bits per heavy atom. The summed E-state index contributed by atoms with van der Waals surface area (Å²) in [6, 6.07) is 2.94. The molecule has 0 bridgehead atoms. The van der Waals surface area contributed by atoms with Gasteiger partial charge in [0.25, 0.3) is 11.8 Å². The Balaban J connectivity index is 1.57. The number of benzene rings is 1. The van der Waals surface area contributed by atoms with Gasteiger partial charge in [0.05, 0.1) is 18.8 Å². The quantitative estimate of drug-likeness (QED) is 0.194. The van der Waals surface area contributed by atoms with Gasteiger partial charge in [-0.15, -0.1) is 0 Å². The number of ketones is 1. The molecule has 16 heteroatoms. The van der Waals surface area contributed by atoms with Crippen LogP contribution in [0.3, 0.4) is 0 Å². The van der Waals surface area contributed by atoms with Crippen LogP contribution in [0.25, 0.3) is 0 Å². The Bertz CT molecular complexity index is 1720. The number of likely N-dealkylation sites (tertiary alicyclic amines) is 1. The lowest BCUT2D eigenvalue weighted by atomic mass is 9.98. The van der Waals surface area contributed by atoms with Crippen LogP contribution in [0.2, 0.25) is 0 Å². The van der Waals surface area contributed by atoms with Crippen LogP contribution >= 0.6 is 0 Å². The van der Waals surface area contributed by atoms with Gasteiger partial charge in [-0.25, -0.2) is 9.78 Å². The van der Waals surface area contributed by atoms with Gasteiger partial charge >= 0.3 is 6.09 Å². The molecule has 298 valence electrons. The molecule has 1 unspecified atom stereocenters. The van der Waals surface area contributed by atoms with Gasteiger partial charge in [0, 0.05) is 37.9 Å². The summed E-state index contributed by atoms with van der Waals surface area (Å²) in [6.45, 7) is 12.8. The number of carbonyl (C=O) groups is 7. The lowest BCUT2D eigenvalue weighted by Crippen LogP contribution is -2.60. The summed E-state index contributed by atoms with van der Waals surface area (Å²) in [6.07, 6.45) is 3.76. The average Bonchev–Trinajstić information content (AvgIpc) is 3.58. The smallest absolute Gasteiger partial charge is 0.410 e. The number of nitrogens with zero attached hydrogens (tertiary/aromatic N) is 4. The van der Waals surface area contributed by atoms with Crippen LogP contribution in [0.5, 0.6) is 0 Å². The van der Waals surface area contributed by atoms with E-state index in [1.165, 1.54) is 23.5 Å². The van der Waals surface area contributed by atoms with Crippen molar-refractivity contribution in [2.24, 2.45) is 11.8 Å². The van der Waals surface area contributed by atoms with Crippen LogP contribution in [-0.4, -0.2) is 111 Å². The number of amides is 6. The Hall–Kier alpha value is -5.41. The van der Waals surface area contributed by atoms with Crippen molar-refractivity contribution in [2.45, 2.75) is 117 Å². The van der Waals surface area contributed by atoms with E-state index in [9.17, 15) is 33.6 Å². The molecule has 2 aliphatic rings. The van der Waals surface area contributed by atoms with Crippen LogP contribution in [0.1, 0.15) is 89.3 Å². The summed E-state index contributed by atoms with van der Waals surface area (Å²) in [4.78, 5) is 105. The fourth-order valence-electron chi connectivity index (χ4n) is 6.66. The Morgan fingerprint density at radius 1 is 0.873 bits per heavy atom. The van der Waals surface area contributed by atoms with Gasteiger partial charge in [-0.1, -0.05) is 65.3 Å². The van der Waals surface area contributed by atoms with E-state index in [2.05, 4.69) is 31.2 Å². The van der Waals surface area contributed by atoms with E-state index in [1.807, 2.05) is 31.2 Å². The molecule has 0 aliphatic carbocycles. The molecule has 0 saturated carbocycles. The zero-order valence-electron chi connectivity index (χ0n) is 32.7. The molecule has 1 saturated heterocycles. The molecule has 1 aromatic carbocycles. The molecule has 1 fully saturated rings. The van der Waals surface area contributed by atoms with E-state index >= 15 is 0 Å². The number of fused-ring (bicyclic) bond motifs is 1. The lowest BCUT2D eigenvalue weighted by molar-refractivity contribution is -0.144. The maximum Gasteiger partial charge on any atom is 0.410 e. The van der Waals surface area contributed by atoms with Crippen molar-refractivity contribution >= 4 is 41.4 Å². The van der Waals surface area contributed by atoms with E-state index in [1.54, 1.807) is 46.4 Å². The topological polar surface area (TPSA) is 209 Å². The fraction of sp³-hybridized carbons (Fsp3) is 0.564. The number of aromatic nitrogens is 2. The van der Waals surface area contributed by atoms with Crippen molar-refractivity contribution in [3.05, 3.63) is 59.7 Å². The highest BCUT2D eigenvalue weighted by atomic mass is 16.6. The molecule has 2 aromatic rings. The van der Waals surface area contributed by atoms with E-state index in [0.717, 1.165) is 11.1 Å².